The largest absolute Gasteiger partial charge is 0.496 e. The third-order valence-corrected chi connectivity index (χ3v) is 3.33. The van der Waals surface area contributed by atoms with Gasteiger partial charge in [0.1, 0.15) is 5.75 Å². The van der Waals surface area contributed by atoms with Crippen LogP contribution in [0, 0.1) is 0 Å². The Kier molecular flexibility index (Phi) is 4.11. The van der Waals surface area contributed by atoms with Crippen molar-refractivity contribution in [1.29, 1.82) is 0 Å². The van der Waals surface area contributed by atoms with Crippen molar-refractivity contribution in [1.82, 2.24) is 9.78 Å². The van der Waals surface area contributed by atoms with Crippen molar-refractivity contribution in [3.05, 3.63) is 36.0 Å². The van der Waals surface area contributed by atoms with E-state index in [1.807, 2.05) is 18.4 Å². The average Bonchev–Trinajstić information content (AvgIpc) is 2.83. The molecule has 0 spiro atoms. The Morgan fingerprint density at radius 3 is 2.79 bits per heavy atom. The molecule has 0 atom stereocenters. The molecule has 0 aliphatic carbocycles. The van der Waals surface area contributed by atoms with Crippen molar-refractivity contribution in [3.8, 4) is 5.75 Å². The highest BCUT2D eigenvalue weighted by Crippen LogP contribution is 2.25. The van der Waals surface area contributed by atoms with Crippen LogP contribution < -0.4 is 10.1 Å². The zero-order chi connectivity index (χ0) is 13.8. The first-order valence-corrected chi connectivity index (χ1v) is 6.89. The van der Waals surface area contributed by atoms with Crippen LogP contribution in [-0.4, -0.2) is 29.1 Å². The number of rotatable bonds is 4. The first kappa shape index (κ1) is 13.5. The number of carbonyl (C=O) groups is 1. The van der Waals surface area contributed by atoms with Crippen LogP contribution in [0.5, 0.6) is 5.75 Å². The molecule has 0 aliphatic rings. The van der Waals surface area contributed by atoms with Crippen LogP contribution in [0.1, 0.15) is 10.4 Å². The van der Waals surface area contributed by atoms with Gasteiger partial charge in [-0.15, -0.1) is 11.8 Å². The SMILES string of the molecule is COc1cc(SC)ccc1C(=O)Nc1ccn(C)n1. The number of aromatic nitrogens is 2. The van der Waals surface area contributed by atoms with E-state index in [1.165, 1.54) is 0 Å². The van der Waals surface area contributed by atoms with Crippen LogP contribution in [0.15, 0.2) is 35.4 Å². The van der Waals surface area contributed by atoms with Crippen LogP contribution in [0.3, 0.4) is 0 Å². The Labute approximate surface area is 116 Å². The van der Waals surface area contributed by atoms with Crippen LogP contribution >= 0.6 is 11.8 Å². The number of amides is 1. The summed E-state index contributed by atoms with van der Waals surface area (Å²) in [6, 6.07) is 7.22. The summed E-state index contributed by atoms with van der Waals surface area (Å²) >= 11 is 1.60. The van der Waals surface area contributed by atoms with E-state index in [1.54, 1.807) is 48.9 Å². The second-order valence-electron chi connectivity index (χ2n) is 3.89. The monoisotopic (exact) mass is 277 g/mol. The first-order valence-electron chi connectivity index (χ1n) is 5.67. The quantitative estimate of drug-likeness (QED) is 0.872. The lowest BCUT2D eigenvalue weighted by molar-refractivity contribution is 0.102. The maximum absolute atomic E-state index is 12.2. The zero-order valence-electron chi connectivity index (χ0n) is 11.0. The molecule has 6 heteroatoms. The summed E-state index contributed by atoms with van der Waals surface area (Å²) in [5.41, 5.74) is 0.492. The highest BCUT2D eigenvalue weighted by molar-refractivity contribution is 7.98. The second-order valence-corrected chi connectivity index (χ2v) is 4.77. The van der Waals surface area contributed by atoms with E-state index in [0.29, 0.717) is 17.1 Å². The minimum absolute atomic E-state index is 0.233. The number of nitrogens with one attached hydrogen (secondary N) is 1. The second kappa shape index (κ2) is 5.79. The van der Waals surface area contributed by atoms with Crippen LogP contribution in [-0.2, 0) is 7.05 Å². The summed E-state index contributed by atoms with van der Waals surface area (Å²) in [6.07, 6.45) is 3.74. The molecule has 2 aromatic rings. The zero-order valence-corrected chi connectivity index (χ0v) is 11.8. The van der Waals surface area contributed by atoms with E-state index >= 15 is 0 Å². The van der Waals surface area contributed by atoms with Gasteiger partial charge in [0.15, 0.2) is 5.82 Å². The molecular weight excluding hydrogens is 262 g/mol. The van der Waals surface area contributed by atoms with Gasteiger partial charge in [-0.05, 0) is 24.5 Å². The number of benzene rings is 1. The highest BCUT2D eigenvalue weighted by atomic mass is 32.2. The maximum atomic E-state index is 12.2. The molecule has 1 N–H and O–H groups in total. The summed E-state index contributed by atoms with van der Waals surface area (Å²) in [5, 5.41) is 6.84. The number of aryl methyl sites for hydroxylation is 1. The number of hydrogen-bond donors (Lipinski definition) is 1. The molecular formula is C13H15N3O2S. The summed E-state index contributed by atoms with van der Waals surface area (Å²) in [6.45, 7) is 0. The Hall–Kier alpha value is -1.95. The van der Waals surface area contributed by atoms with Gasteiger partial charge in [0, 0.05) is 24.2 Å². The van der Waals surface area contributed by atoms with E-state index < -0.39 is 0 Å². The van der Waals surface area contributed by atoms with E-state index in [0.717, 1.165) is 4.90 Å². The number of thioether (sulfide) groups is 1. The van der Waals surface area contributed by atoms with Crippen molar-refractivity contribution in [2.75, 3.05) is 18.7 Å². The summed E-state index contributed by atoms with van der Waals surface area (Å²) in [4.78, 5) is 13.2. The third-order valence-electron chi connectivity index (χ3n) is 2.61. The van der Waals surface area contributed by atoms with Gasteiger partial charge in [0.25, 0.3) is 5.91 Å². The predicted molar refractivity (Wildman–Crippen MR) is 75.9 cm³/mol. The lowest BCUT2D eigenvalue weighted by Gasteiger charge is -2.09. The van der Waals surface area contributed by atoms with Crippen molar-refractivity contribution >= 4 is 23.5 Å². The fraction of sp³-hybridized carbons (Fsp3) is 0.231. The molecule has 0 saturated carbocycles. The molecule has 0 bridgehead atoms. The third kappa shape index (κ3) is 3.08. The Morgan fingerprint density at radius 2 is 2.21 bits per heavy atom. The van der Waals surface area contributed by atoms with Crippen LogP contribution in [0.25, 0.3) is 0 Å². The number of methoxy groups -OCH3 is 1. The lowest BCUT2D eigenvalue weighted by atomic mass is 10.2. The van der Waals surface area contributed by atoms with Crippen molar-refractivity contribution in [2.45, 2.75) is 4.90 Å². The smallest absolute Gasteiger partial charge is 0.260 e. The van der Waals surface area contributed by atoms with E-state index in [9.17, 15) is 4.79 Å². The van der Waals surface area contributed by atoms with E-state index in [-0.39, 0.29) is 5.91 Å². The normalized spacial score (nSPS) is 10.3. The lowest BCUT2D eigenvalue weighted by Crippen LogP contribution is -2.13. The van der Waals surface area contributed by atoms with Gasteiger partial charge in [-0.3, -0.25) is 9.48 Å². The number of carbonyl (C=O) groups excluding carboxylic acids is 1. The van der Waals surface area contributed by atoms with Gasteiger partial charge >= 0.3 is 0 Å². The number of hydrogen-bond acceptors (Lipinski definition) is 4. The fourth-order valence-corrected chi connectivity index (χ4v) is 2.08. The minimum Gasteiger partial charge on any atom is -0.496 e. The van der Waals surface area contributed by atoms with Crippen molar-refractivity contribution in [2.24, 2.45) is 7.05 Å². The average molecular weight is 277 g/mol. The van der Waals surface area contributed by atoms with Crippen molar-refractivity contribution in [3.63, 3.8) is 0 Å². The molecule has 1 aromatic carbocycles. The number of anilines is 1. The van der Waals surface area contributed by atoms with Crippen LogP contribution in [0.2, 0.25) is 0 Å². The highest BCUT2D eigenvalue weighted by Gasteiger charge is 2.13. The van der Waals surface area contributed by atoms with Gasteiger partial charge in [-0.25, -0.2) is 0 Å². The molecule has 5 nitrogen and oxygen atoms in total. The Balaban J connectivity index is 2.23. The molecule has 1 heterocycles. The standard InChI is InChI=1S/C13H15N3O2S/c1-16-7-6-12(15-16)14-13(17)10-5-4-9(19-3)8-11(10)18-2/h4-8H,1-3H3,(H,14,15,17). The molecule has 19 heavy (non-hydrogen) atoms. The van der Waals surface area contributed by atoms with Gasteiger partial charge in [-0.1, -0.05) is 0 Å². The van der Waals surface area contributed by atoms with Gasteiger partial charge in [0.05, 0.1) is 12.7 Å². The Bertz CT molecular complexity index is 595. The molecule has 0 saturated heterocycles. The molecule has 0 aliphatic heterocycles. The van der Waals surface area contributed by atoms with Gasteiger partial charge in [0.2, 0.25) is 0 Å². The van der Waals surface area contributed by atoms with E-state index in [2.05, 4.69) is 10.4 Å². The minimum atomic E-state index is -0.233. The number of ether oxygens (including phenoxy) is 1. The van der Waals surface area contributed by atoms with Gasteiger partial charge < -0.3 is 10.1 Å². The van der Waals surface area contributed by atoms with Crippen LogP contribution in [0.4, 0.5) is 5.82 Å². The predicted octanol–water partition coefficient (Wildman–Crippen LogP) is 2.40. The topological polar surface area (TPSA) is 56.1 Å². The van der Waals surface area contributed by atoms with Crippen molar-refractivity contribution < 1.29 is 9.53 Å². The van der Waals surface area contributed by atoms with E-state index in [4.69, 9.17) is 4.74 Å². The molecule has 100 valence electrons. The summed E-state index contributed by atoms with van der Waals surface area (Å²) in [5.74, 6) is 0.840. The summed E-state index contributed by atoms with van der Waals surface area (Å²) in [7, 11) is 3.35. The molecule has 0 radical (unpaired) electrons. The molecule has 1 amide bonds. The summed E-state index contributed by atoms with van der Waals surface area (Å²) < 4.78 is 6.88. The molecule has 0 unspecified atom stereocenters. The molecule has 0 fully saturated rings. The molecule has 1 aromatic heterocycles. The maximum Gasteiger partial charge on any atom is 0.260 e. The first-order chi connectivity index (χ1) is 9.13. The number of nitrogens with zero attached hydrogens (tertiary/aromatic N) is 2. The molecule has 2 rings (SSSR count). The Morgan fingerprint density at radius 1 is 1.42 bits per heavy atom. The fourth-order valence-electron chi connectivity index (χ4n) is 1.65. The van der Waals surface area contributed by atoms with Gasteiger partial charge in [-0.2, -0.15) is 5.10 Å².